The van der Waals surface area contributed by atoms with Crippen LogP contribution in [0, 0.1) is 13.8 Å². The highest BCUT2D eigenvalue weighted by atomic mass is 32.1. The molecule has 0 bridgehead atoms. The molecule has 1 aliphatic rings. The van der Waals surface area contributed by atoms with Gasteiger partial charge in [-0.1, -0.05) is 17.4 Å². The Bertz CT molecular complexity index is 1170. The lowest BCUT2D eigenvalue weighted by Crippen LogP contribution is -2.40. The fourth-order valence-corrected chi connectivity index (χ4v) is 3.86. The SMILES string of the molecule is Cc1ncccc1CN1CCn2nc(C(=O)Nc3nnc(C(F)(F)F)s3)c(C)c2C1=O. The van der Waals surface area contributed by atoms with Gasteiger partial charge in [-0.05, 0) is 25.5 Å². The fraction of sp³-hybridized carbons (Fsp3) is 0.333. The van der Waals surface area contributed by atoms with Crippen LogP contribution in [-0.2, 0) is 19.3 Å². The van der Waals surface area contributed by atoms with Crippen LogP contribution in [0.3, 0.4) is 0 Å². The first kappa shape index (κ1) is 20.9. The summed E-state index contributed by atoms with van der Waals surface area (Å²) in [6.07, 6.45) is -2.97. The van der Waals surface area contributed by atoms with Crippen molar-refractivity contribution in [2.45, 2.75) is 33.1 Å². The summed E-state index contributed by atoms with van der Waals surface area (Å²) in [6.45, 7) is 4.58. The van der Waals surface area contributed by atoms with E-state index in [0.29, 0.717) is 25.2 Å². The Balaban J connectivity index is 1.54. The van der Waals surface area contributed by atoms with Crippen molar-refractivity contribution in [1.29, 1.82) is 0 Å². The standard InChI is InChI=1S/C18H16F3N7O2S/c1-9-12(14(29)23-17-25-24-16(31-17)18(19,20)21)26-28-7-6-27(15(30)13(9)28)8-11-4-3-5-22-10(11)2/h3-5H,6-8H2,1-2H3,(H,23,25,29). The second-order valence-corrected chi connectivity index (χ2v) is 7.86. The minimum Gasteiger partial charge on any atom is -0.331 e. The number of alkyl halides is 3. The number of nitrogens with one attached hydrogen (secondary N) is 1. The van der Waals surface area contributed by atoms with Crippen molar-refractivity contribution in [3.05, 3.63) is 51.5 Å². The van der Waals surface area contributed by atoms with Gasteiger partial charge >= 0.3 is 6.18 Å². The van der Waals surface area contributed by atoms with Gasteiger partial charge in [0.15, 0.2) is 5.69 Å². The first-order chi connectivity index (χ1) is 14.6. The predicted molar refractivity (Wildman–Crippen MR) is 104 cm³/mol. The number of carbonyl (C=O) groups is 2. The molecular formula is C18H16F3N7O2S. The number of amides is 2. The summed E-state index contributed by atoms with van der Waals surface area (Å²) >= 11 is 0.212. The van der Waals surface area contributed by atoms with Crippen molar-refractivity contribution in [1.82, 2.24) is 29.9 Å². The van der Waals surface area contributed by atoms with E-state index in [1.807, 2.05) is 13.0 Å². The van der Waals surface area contributed by atoms with Crippen molar-refractivity contribution < 1.29 is 22.8 Å². The molecule has 0 aliphatic carbocycles. The van der Waals surface area contributed by atoms with E-state index in [1.165, 1.54) is 4.68 Å². The van der Waals surface area contributed by atoms with Crippen LogP contribution >= 0.6 is 11.3 Å². The summed E-state index contributed by atoms with van der Waals surface area (Å²) in [5.41, 5.74) is 2.30. The van der Waals surface area contributed by atoms with Crippen molar-refractivity contribution >= 4 is 28.3 Å². The van der Waals surface area contributed by atoms with E-state index in [4.69, 9.17) is 0 Å². The number of anilines is 1. The molecule has 3 aromatic rings. The second-order valence-electron chi connectivity index (χ2n) is 6.88. The van der Waals surface area contributed by atoms with Crippen molar-refractivity contribution in [2.24, 2.45) is 0 Å². The van der Waals surface area contributed by atoms with Crippen molar-refractivity contribution in [3.63, 3.8) is 0 Å². The van der Waals surface area contributed by atoms with Gasteiger partial charge in [0, 0.05) is 30.5 Å². The van der Waals surface area contributed by atoms with E-state index in [1.54, 1.807) is 24.1 Å². The lowest BCUT2D eigenvalue weighted by molar-refractivity contribution is -0.138. The third-order valence-corrected chi connectivity index (χ3v) is 5.72. The predicted octanol–water partition coefficient (Wildman–Crippen LogP) is 2.67. The van der Waals surface area contributed by atoms with E-state index >= 15 is 0 Å². The molecule has 1 N–H and O–H groups in total. The molecule has 0 atom stereocenters. The summed E-state index contributed by atoms with van der Waals surface area (Å²) < 4.78 is 39.5. The second kappa shape index (κ2) is 7.72. The van der Waals surface area contributed by atoms with Gasteiger partial charge in [-0.15, -0.1) is 10.2 Å². The Morgan fingerprint density at radius 2 is 2.03 bits per heavy atom. The number of hydrogen-bond donors (Lipinski definition) is 1. The van der Waals surface area contributed by atoms with Crippen LogP contribution in [0.15, 0.2) is 18.3 Å². The first-order valence-corrected chi connectivity index (χ1v) is 9.96. The third kappa shape index (κ3) is 4.00. The van der Waals surface area contributed by atoms with E-state index in [0.717, 1.165) is 11.3 Å². The molecule has 0 unspecified atom stereocenters. The normalized spacial score (nSPS) is 14.0. The zero-order chi connectivity index (χ0) is 22.3. The van der Waals surface area contributed by atoms with Crippen molar-refractivity contribution in [3.8, 4) is 0 Å². The number of fused-ring (bicyclic) bond motifs is 1. The quantitative estimate of drug-likeness (QED) is 0.654. The average molecular weight is 451 g/mol. The Hall–Kier alpha value is -3.35. The van der Waals surface area contributed by atoms with Crippen LogP contribution in [0.1, 0.15) is 42.8 Å². The van der Waals surface area contributed by atoms with E-state index < -0.39 is 17.1 Å². The number of pyridine rings is 1. The van der Waals surface area contributed by atoms with Gasteiger partial charge < -0.3 is 4.90 Å². The highest BCUT2D eigenvalue weighted by Gasteiger charge is 2.36. The first-order valence-electron chi connectivity index (χ1n) is 9.14. The lowest BCUT2D eigenvalue weighted by atomic mass is 10.1. The van der Waals surface area contributed by atoms with Gasteiger partial charge in [0.1, 0.15) is 5.69 Å². The minimum absolute atomic E-state index is 0.0495. The number of rotatable bonds is 4. The minimum atomic E-state index is -4.65. The molecule has 1 aliphatic heterocycles. The molecule has 4 heterocycles. The Morgan fingerprint density at radius 1 is 1.26 bits per heavy atom. The zero-order valence-electron chi connectivity index (χ0n) is 16.4. The van der Waals surface area contributed by atoms with Crippen LogP contribution in [0.5, 0.6) is 0 Å². The smallest absolute Gasteiger partial charge is 0.331 e. The number of aryl methyl sites for hydroxylation is 1. The Kier molecular flexibility index (Phi) is 5.21. The molecule has 0 spiro atoms. The molecule has 0 saturated carbocycles. The summed E-state index contributed by atoms with van der Waals surface area (Å²) in [7, 11) is 0. The summed E-state index contributed by atoms with van der Waals surface area (Å²) in [4.78, 5) is 31.5. The molecule has 3 aromatic heterocycles. The van der Waals surface area contributed by atoms with Crippen molar-refractivity contribution in [2.75, 3.05) is 11.9 Å². The van der Waals surface area contributed by atoms with Gasteiger partial charge in [0.05, 0.1) is 6.54 Å². The van der Waals surface area contributed by atoms with Gasteiger partial charge in [-0.25, -0.2) is 0 Å². The molecule has 0 saturated heterocycles. The number of carbonyl (C=O) groups excluding carboxylic acids is 2. The number of nitrogens with zero attached hydrogens (tertiary/aromatic N) is 6. The molecule has 2 amide bonds. The fourth-order valence-electron chi connectivity index (χ4n) is 3.25. The van der Waals surface area contributed by atoms with E-state index in [-0.39, 0.29) is 33.8 Å². The summed E-state index contributed by atoms with van der Waals surface area (Å²) in [5.74, 6) is -1.04. The van der Waals surface area contributed by atoms with Crippen LogP contribution in [0.2, 0.25) is 0 Å². The van der Waals surface area contributed by atoms with Crippen LogP contribution in [0.4, 0.5) is 18.3 Å². The average Bonchev–Trinajstić information content (AvgIpc) is 3.30. The lowest BCUT2D eigenvalue weighted by Gasteiger charge is -2.28. The maximum absolute atomic E-state index is 13.0. The number of aromatic nitrogens is 5. The molecule has 0 radical (unpaired) electrons. The van der Waals surface area contributed by atoms with Gasteiger partial charge in [-0.3, -0.25) is 24.6 Å². The highest BCUT2D eigenvalue weighted by molar-refractivity contribution is 7.15. The summed E-state index contributed by atoms with van der Waals surface area (Å²) in [6, 6.07) is 3.69. The van der Waals surface area contributed by atoms with Crippen LogP contribution in [0.25, 0.3) is 0 Å². The molecule has 13 heteroatoms. The molecule has 4 rings (SSSR count). The van der Waals surface area contributed by atoms with Gasteiger partial charge in [0.2, 0.25) is 10.1 Å². The molecule has 31 heavy (non-hydrogen) atoms. The summed E-state index contributed by atoms with van der Waals surface area (Å²) in [5, 5.41) is 11.4. The number of hydrogen-bond acceptors (Lipinski definition) is 7. The van der Waals surface area contributed by atoms with E-state index in [2.05, 4.69) is 25.6 Å². The molecular weight excluding hydrogens is 435 g/mol. The Morgan fingerprint density at radius 3 is 2.71 bits per heavy atom. The maximum Gasteiger partial charge on any atom is 0.445 e. The molecule has 9 nitrogen and oxygen atoms in total. The number of halogens is 3. The van der Waals surface area contributed by atoms with Gasteiger partial charge in [0.25, 0.3) is 11.8 Å². The van der Waals surface area contributed by atoms with Crippen LogP contribution < -0.4 is 5.32 Å². The monoisotopic (exact) mass is 451 g/mol. The third-order valence-electron chi connectivity index (χ3n) is 4.84. The molecule has 0 aromatic carbocycles. The molecule has 0 fully saturated rings. The molecule has 162 valence electrons. The van der Waals surface area contributed by atoms with E-state index in [9.17, 15) is 22.8 Å². The Labute approximate surface area is 177 Å². The topological polar surface area (TPSA) is 106 Å². The van der Waals surface area contributed by atoms with Crippen LogP contribution in [-0.4, -0.2) is 48.2 Å². The van der Waals surface area contributed by atoms with Gasteiger partial charge in [-0.2, -0.15) is 18.3 Å². The highest BCUT2D eigenvalue weighted by Crippen LogP contribution is 2.33. The largest absolute Gasteiger partial charge is 0.445 e. The zero-order valence-corrected chi connectivity index (χ0v) is 17.2. The maximum atomic E-state index is 13.0.